The van der Waals surface area contributed by atoms with Crippen LogP contribution in [0.2, 0.25) is 0 Å². The van der Waals surface area contributed by atoms with Gasteiger partial charge >= 0.3 is 12.1 Å². The summed E-state index contributed by atoms with van der Waals surface area (Å²) in [6.07, 6.45) is -4.99. The summed E-state index contributed by atoms with van der Waals surface area (Å²) in [5.74, 6) is -3.19. The lowest BCUT2D eigenvalue weighted by molar-refractivity contribution is -0.166. The molecule has 102 valence electrons. The molecule has 1 aromatic rings. The summed E-state index contributed by atoms with van der Waals surface area (Å²) in [5.41, 5.74) is 4.63. The molecule has 0 saturated heterocycles. The summed E-state index contributed by atoms with van der Waals surface area (Å²) in [6, 6.07) is 4.86. The third-order valence-electron chi connectivity index (χ3n) is 2.44. The van der Waals surface area contributed by atoms with Crippen LogP contribution in [0.4, 0.5) is 13.2 Å². The Bertz CT molecular complexity index is 544. The van der Waals surface area contributed by atoms with Crippen LogP contribution < -0.4 is 5.73 Å². The van der Waals surface area contributed by atoms with E-state index in [1.165, 1.54) is 24.3 Å². The van der Waals surface area contributed by atoms with Gasteiger partial charge in [0.25, 0.3) is 5.78 Å². The maximum atomic E-state index is 12.2. The minimum atomic E-state index is -4.99. The number of carboxylic acid groups (broad SMARTS) is 1. The summed E-state index contributed by atoms with van der Waals surface area (Å²) >= 11 is 0. The Kier molecular flexibility index (Phi) is 3.98. The van der Waals surface area contributed by atoms with E-state index in [0.29, 0.717) is 0 Å². The molecule has 0 heterocycles. The minimum absolute atomic E-state index is 0.0312. The molecule has 3 N–H and O–H groups in total. The lowest BCUT2D eigenvalue weighted by Gasteiger charge is -2.09. The third-order valence-corrected chi connectivity index (χ3v) is 2.44. The highest BCUT2D eigenvalue weighted by atomic mass is 19.4. The number of hydrogen-bond donors (Lipinski definition) is 2. The molecule has 4 nitrogen and oxygen atoms in total. The van der Waals surface area contributed by atoms with Crippen molar-refractivity contribution >= 4 is 17.4 Å². The van der Waals surface area contributed by atoms with Crippen LogP contribution in [0, 0.1) is 0 Å². The number of carboxylic acids is 1. The summed E-state index contributed by atoms with van der Waals surface area (Å²) in [7, 11) is 0. The van der Waals surface area contributed by atoms with Crippen molar-refractivity contribution in [1.29, 1.82) is 0 Å². The Morgan fingerprint density at radius 2 is 1.53 bits per heavy atom. The van der Waals surface area contributed by atoms with E-state index in [0.717, 1.165) is 6.92 Å². The number of carbonyl (C=O) groups excluding carboxylic acids is 1. The number of aromatic carboxylic acids is 1. The molecule has 0 fully saturated rings. The number of hydrogen-bond acceptors (Lipinski definition) is 3. The largest absolute Gasteiger partial charge is 0.478 e. The average molecular weight is 273 g/mol. The van der Waals surface area contributed by atoms with Crippen molar-refractivity contribution in [1.82, 2.24) is 0 Å². The van der Waals surface area contributed by atoms with E-state index < -0.39 is 23.5 Å². The topological polar surface area (TPSA) is 80.4 Å². The minimum Gasteiger partial charge on any atom is -0.478 e. The first-order valence-corrected chi connectivity index (χ1v) is 5.06. The van der Waals surface area contributed by atoms with Crippen LogP contribution in [-0.4, -0.2) is 23.0 Å². The number of allylic oxidation sites excluding steroid dienone is 1. The maximum absolute atomic E-state index is 12.2. The zero-order valence-corrected chi connectivity index (χ0v) is 9.78. The second-order valence-corrected chi connectivity index (χ2v) is 3.75. The number of halogens is 3. The predicted octanol–water partition coefficient (Wildman–Crippen LogP) is 2.21. The van der Waals surface area contributed by atoms with Crippen molar-refractivity contribution in [2.45, 2.75) is 13.1 Å². The van der Waals surface area contributed by atoms with Crippen molar-refractivity contribution < 1.29 is 27.9 Å². The van der Waals surface area contributed by atoms with Gasteiger partial charge in [0.1, 0.15) is 0 Å². The van der Waals surface area contributed by atoms with E-state index in [1.807, 2.05) is 0 Å². The van der Waals surface area contributed by atoms with Gasteiger partial charge in [-0.1, -0.05) is 12.1 Å². The van der Waals surface area contributed by atoms with Crippen molar-refractivity contribution in [3.63, 3.8) is 0 Å². The van der Waals surface area contributed by atoms with Gasteiger partial charge in [-0.25, -0.2) is 4.79 Å². The van der Waals surface area contributed by atoms with Gasteiger partial charge in [0.15, 0.2) is 0 Å². The van der Waals surface area contributed by atoms with Crippen LogP contribution in [-0.2, 0) is 4.79 Å². The fourth-order valence-electron chi connectivity index (χ4n) is 1.34. The SMILES string of the molecule is CC(C(=O)C(F)(F)F)=C(N)c1ccc(C(=O)O)cc1. The summed E-state index contributed by atoms with van der Waals surface area (Å²) in [5, 5.41) is 8.67. The van der Waals surface area contributed by atoms with Gasteiger partial charge in [-0.2, -0.15) is 13.2 Å². The summed E-state index contributed by atoms with van der Waals surface area (Å²) < 4.78 is 36.7. The Morgan fingerprint density at radius 1 is 1.11 bits per heavy atom. The molecule has 0 aliphatic carbocycles. The molecule has 19 heavy (non-hydrogen) atoms. The average Bonchev–Trinajstić information content (AvgIpc) is 2.35. The quantitative estimate of drug-likeness (QED) is 0.827. The Hall–Kier alpha value is -2.31. The zero-order chi connectivity index (χ0) is 14.8. The second-order valence-electron chi connectivity index (χ2n) is 3.75. The molecule has 0 amide bonds. The molecule has 1 rings (SSSR count). The van der Waals surface area contributed by atoms with Gasteiger partial charge in [0.05, 0.1) is 5.56 Å². The van der Waals surface area contributed by atoms with E-state index >= 15 is 0 Å². The van der Waals surface area contributed by atoms with Gasteiger partial charge in [-0.3, -0.25) is 4.79 Å². The molecule has 0 atom stereocenters. The van der Waals surface area contributed by atoms with Crippen LogP contribution in [0.1, 0.15) is 22.8 Å². The van der Waals surface area contributed by atoms with E-state index in [9.17, 15) is 22.8 Å². The molecule has 0 unspecified atom stereocenters. The second kappa shape index (κ2) is 5.13. The van der Waals surface area contributed by atoms with Gasteiger partial charge in [-0.05, 0) is 24.6 Å². The van der Waals surface area contributed by atoms with Crippen molar-refractivity contribution in [2.75, 3.05) is 0 Å². The van der Waals surface area contributed by atoms with Gasteiger partial charge in [0.2, 0.25) is 0 Å². The first kappa shape index (κ1) is 14.7. The van der Waals surface area contributed by atoms with Crippen LogP contribution in [0.5, 0.6) is 0 Å². The molecule has 7 heteroatoms. The van der Waals surface area contributed by atoms with E-state index in [1.54, 1.807) is 0 Å². The van der Waals surface area contributed by atoms with Crippen molar-refractivity contribution in [2.24, 2.45) is 5.73 Å². The molecule has 0 spiro atoms. The number of rotatable bonds is 3. The first-order chi connectivity index (χ1) is 8.64. The smallest absolute Gasteiger partial charge is 0.454 e. The van der Waals surface area contributed by atoms with E-state index in [2.05, 4.69) is 0 Å². The van der Waals surface area contributed by atoms with Crippen LogP contribution in [0.25, 0.3) is 5.70 Å². The molecule has 0 aliphatic heterocycles. The number of benzene rings is 1. The van der Waals surface area contributed by atoms with Gasteiger partial charge < -0.3 is 10.8 Å². The van der Waals surface area contributed by atoms with Crippen molar-refractivity contribution in [3.8, 4) is 0 Å². The number of carbonyl (C=O) groups is 2. The highest BCUT2D eigenvalue weighted by molar-refractivity contribution is 6.05. The van der Waals surface area contributed by atoms with E-state index in [4.69, 9.17) is 10.8 Å². The first-order valence-electron chi connectivity index (χ1n) is 5.06. The molecule has 0 radical (unpaired) electrons. The number of Topliss-reactive ketones (excluding diaryl/α,β-unsaturated/α-hetero) is 1. The lowest BCUT2D eigenvalue weighted by Crippen LogP contribution is -2.25. The molecule has 1 aromatic carbocycles. The fourth-order valence-corrected chi connectivity index (χ4v) is 1.34. The third kappa shape index (κ3) is 3.34. The summed E-state index contributed by atoms with van der Waals surface area (Å²) in [4.78, 5) is 21.6. The normalized spacial score (nSPS) is 12.8. The zero-order valence-electron chi connectivity index (χ0n) is 9.78. The monoisotopic (exact) mass is 273 g/mol. The molecule has 0 aliphatic rings. The summed E-state index contributed by atoms with van der Waals surface area (Å²) in [6.45, 7) is 0.969. The lowest BCUT2D eigenvalue weighted by atomic mass is 10.0. The van der Waals surface area contributed by atoms with Gasteiger partial charge in [-0.15, -0.1) is 0 Å². The Labute approximate surface area is 106 Å². The van der Waals surface area contributed by atoms with E-state index in [-0.39, 0.29) is 16.8 Å². The highest BCUT2D eigenvalue weighted by Crippen LogP contribution is 2.24. The fraction of sp³-hybridized carbons (Fsp3) is 0.167. The highest BCUT2D eigenvalue weighted by Gasteiger charge is 2.40. The Morgan fingerprint density at radius 3 is 1.89 bits per heavy atom. The Balaban J connectivity index is 3.15. The van der Waals surface area contributed by atoms with Crippen LogP contribution >= 0.6 is 0 Å². The number of alkyl halides is 3. The number of nitrogens with two attached hydrogens (primary N) is 1. The standard InChI is InChI=1S/C12H10F3NO3/c1-6(10(17)12(13,14)15)9(16)7-2-4-8(5-3-7)11(18)19/h2-5H,16H2,1H3,(H,18,19). The predicted molar refractivity (Wildman–Crippen MR) is 61.2 cm³/mol. The van der Waals surface area contributed by atoms with Crippen LogP contribution in [0.15, 0.2) is 29.8 Å². The molecule has 0 aromatic heterocycles. The molecule has 0 saturated carbocycles. The van der Waals surface area contributed by atoms with Crippen molar-refractivity contribution in [3.05, 3.63) is 41.0 Å². The molecule has 0 bridgehead atoms. The molecular formula is C12H10F3NO3. The molecular weight excluding hydrogens is 263 g/mol. The van der Waals surface area contributed by atoms with Crippen LogP contribution in [0.3, 0.4) is 0 Å². The maximum Gasteiger partial charge on any atom is 0.454 e. The number of ketones is 1. The van der Waals surface area contributed by atoms with Gasteiger partial charge in [0, 0.05) is 11.3 Å².